The minimum absolute atomic E-state index is 0.177. The number of fused-ring (bicyclic) bond motifs is 1. The lowest BCUT2D eigenvalue weighted by atomic mass is 9.98. The van der Waals surface area contributed by atoms with Gasteiger partial charge in [-0.05, 0) is 33.8 Å². The fourth-order valence-electron chi connectivity index (χ4n) is 1.58. The van der Waals surface area contributed by atoms with Crippen molar-refractivity contribution in [2.45, 2.75) is 34.4 Å². The number of nitrogens with zero attached hydrogens (tertiary/aromatic N) is 3. The quantitative estimate of drug-likeness (QED) is 0.764. The third-order valence-electron chi connectivity index (χ3n) is 2.70. The zero-order valence-electron chi connectivity index (χ0n) is 11.1. The summed E-state index contributed by atoms with van der Waals surface area (Å²) in [5.74, 6) is -0.227. The maximum absolute atomic E-state index is 11.7. The summed E-state index contributed by atoms with van der Waals surface area (Å²) < 4.78 is 7.06. The van der Waals surface area contributed by atoms with E-state index >= 15 is 0 Å². The van der Waals surface area contributed by atoms with Crippen LogP contribution in [0.3, 0.4) is 0 Å². The van der Waals surface area contributed by atoms with Crippen molar-refractivity contribution in [3.63, 3.8) is 0 Å². The molecule has 5 heteroatoms. The predicted molar refractivity (Wildman–Crippen MR) is 67.8 cm³/mol. The molecule has 0 amide bonds. The first-order valence-corrected chi connectivity index (χ1v) is 5.83. The lowest BCUT2D eigenvalue weighted by molar-refractivity contribution is -0.156. The Balaban J connectivity index is 2.19. The molecule has 5 nitrogen and oxygen atoms in total. The molecule has 0 bridgehead atoms. The van der Waals surface area contributed by atoms with Crippen molar-refractivity contribution in [1.82, 2.24) is 14.5 Å². The molecule has 0 radical (unpaired) electrons. The van der Waals surface area contributed by atoms with Gasteiger partial charge in [0.15, 0.2) is 6.73 Å². The normalized spacial score (nSPS) is 11.8. The second kappa shape index (κ2) is 4.40. The Labute approximate surface area is 106 Å². The monoisotopic (exact) mass is 247 g/mol. The van der Waals surface area contributed by atoms with Crippen LogP contribution in [0.25, 0.3) is 11.0 Å². The molecule has 0 spiro atoms. The van der Waals surface area contributed by atoms with Gasteiger partial charge >= 0.3 is 5.97 Å². The number of hydrogen-bond acceptors (Lipinski definition) is 4. The van der Waals surface area contributed by atoms with E-state index in [-0.39, 0.29) is 12.7 Å². The highest BCUT2D eigenvalue weighted by atomic mass is 16.5. The molecule has 2 heterocycles. The molecule has 2 aromatic rings. The zero-order chi connectivity index (χ0) is 13.3. The Kier molecular flexibility index (Phi) is 3.07. The van der Waals surface area contributed by atoms with Crippen molar-refractivity contribution >= 4 is 17.0 Å². The molecule has 0 aromatic carbocycles. The molecule has 0 fully saturated rings. The molecular weight excluding hydrogens is 230 g/mol. The fraction of sp³-hybridized carbons (Fsp3) is 0.462. The molecule has 2 aromatic heterocycles. The summed E-state index contributed by atoms with van der Waals surface area (Å²) in [6.45, 7) is 7.59. The van der Waals surface area contributed by atoms with Gasteiger partial charge in [0.2, 0.25) is 0 Å². The summed E-state index contributed by atoms with van der Waals surface area (Å²) in [6.07, 6.45) is 3.36. The predicted octanol–water partition coefficient (Wildman–Crippen LogP) is 2.29. The highest BCUT2D eigenvalue weighted by molar-refractivity contribution is 5.78. The summed E-state index contributed by atoms with van der Waals surface area (Å²) in [4.78, 5) is 20.0. The summed E-state index contributed by atoms with van der Waals surface area (Å²) in [6, 6.07) is 1.93. The van der Waals surface area contributed by atoms with E-state index in [0.29, 0.717) is 0 Å². The molecule has 0 saturated heterocycles. The van der Waals surface area contributed by atoms with Gasteiger partial charge in [-0.25, -0.2) is 9.97 Å². The van der Waals surface area contributed by atoms with Gasteiger partial charge in [-0.15, -0.1) is 0 Å². The van der Waals surface area contributed by atoms with Crippen molar-refractivity contribution < 1.29 is 9.53 Å². The van der Waals surface area contributed by atoms with Crippen LogP contribution in [0.1, 0.15) is 26.5 Å². The minimum atomic E-state index is -0.492. The Morgan fingerprint density at radius 1 is 1.39 bits per heavy atom. The number of carbonyl (C=O) groups is 1. The van der Waals surface area contributed by atoms with E-state index in [0.717, 1.165) is 16.7 Å². The van der Waals surface area contributed by atoms with Crippen LogP contribution in [0.5, 0.6) is 0 Å². The maximum atomic E-state index is 11.7. The van der Waals surface area contributed by atoms with Crippen molar-refractivity contribution in [3.8, 4) is 0 Å². The summed E-state index contributed by atoms with van der Waals surface area (Å²) in [5.41, 5.74) is 1.21. The molecule has 96 valence electrons. The second-order valence-electron chi connectivity index (χ2n) is 5.29. The molecule has 0 N–H and O–H groups in total. The second-order valence-corrected chi connectivity index (χ2v) is 5.29. The standard InChI is InChI=1S/C13H17N3O2/c1-9-10-5-6-16(11(10)15-7-14-9)8-18-12(17)13(2,3)4/h5-7H,8H2,1-4H3. The smallest absolute Gasteiger partial charge is 0.312 e. The highest BCUT2D eigenvalue weighted by Crippen LogP contribution is 2.18. The van der Waals surface area contributed by atoms with Gasteiger partial charge in [0, 0.05) is 11.6 Å². The van der Waals surface area contributed by atoms with E-state index in [1.807, 2.05) is 40.0 Å². The Hall–Kier alpha value is -1.91. The third-order valence-corrected chi connectivity index (χ3v) is 2.70. The first-order valence-electron chi connectivity index (χ1n) is 5.83. The summed E-state index contributed by atoms with van der Waals surface area (Å²) in [5, 5.41) is 0.976. The largest absolute Gasteiger partial charge is 0.443 e. The van der Waals surface area contributed by atoms with Gasteiger partial charge in [0.05, 0.1) is 11.1 Å². The van der Waals surface area contributed by atoms with Crippen LogP contribution in [0, 0.1) is 12.3 Å². The van der Waals surface area contributed by atoms with Crippen LogP contribution < -0.4 is 0 Å². The number of rotatable bonds is 2. The van der Waals surface area contributed by atoms with Crippen molar-refractivity contribution in [2.75, 3.05) is 0 Å². The van der Waals surface area contributed by atoms with E-state index in [9.17, 15) is 4.79 Å². The van der Waals surface area contributed by atoms with Crippen LogP contribution in [0.4, 0.5) is 0 Å². The summed E-state index contributed by atoms with van der Waals surface area (Å²) in [7, 11) is 0. The molecule has 0 aliphatic heterocycles. The fourth-order valence-corrected chi connectivity index (χ4v) is 1.58. The SMILES string of the molecule is Cc1ncnc2c1ccn2COC(=O)C(C)(C)C. The van der Waals surface area contributed by atoms with E-state index in [1.165, 1.54) is 6.33 Å². The molecular formula is C13H17N3O2. The molecule has 18 heavy (non-hydrogen) atoms. The number of carbonyl (C=O) groups excluding carboxylic acids is 1. The van der Waals surface area contributed by atoms with Crippen LogP contribution in [0.15, 0.2) is 18.6 Å². The molecule has 0 aliphatic carbocycles. The molecule has 2 rings (SSSR count). The van der Waals surface area contributed by atoms with Crippen LogP contribution in [0.2, 0.25) is 0 Å². The van der Waals surface area contributed by atoms with Crippen molar-refractivity contribution in [2.24, 2.45) is 5.41 Å². The topological polar surface area (TPSA) is 57.0 Å². The molecule has 0 aliphatic rings. The van der Waals surface area contributed by atoms with E-state index < -0.39 is 5.41 Å². The van der Waals surface area contributed by atoms with Gasteiger partial charge in [-0.2, -0.15) is 0 Å². The zero-order valence-corrected chi connectivity index (χ0v) is 11.1. The number of esters is 1. The Morgan fingerprint density at radius 3 is 2.78 bits per heavy atom. The number of aromatic nitrogens is 3. The van der Waals surface area contributed by atoms with Gasteiger partial charge in [-0.1, -0.05) is 0 Å². The van der Waals surface area contributed by atoms with Crippen molar-refractivity contribution in [1.29, 1.82) is 0 Å². The number of ether oxygens (including phenoxy) is 1. The van der Waals surface area contributed by atoms with Gasteiger partial charge < -0.3 is 4.74 Å². The average molecular weight is 247 g/mol. The lowest BCUT2D eigenvalue weighted by Crippen LogP contribution is -2.23. The number of hydrogen-bond donors (Lipinski definition) is 0. The Bertz CT molecular complexity index is 581. The maximum Gasteiger partial charge on any atom is 0.312 e. The van der Waals surface area contributed by atoms with Crippen LogP contribution in [-0.4, -0.2) is 20.5 Å². The van der Waals surface area contributed by atoms with Crippen LogP contribution >= 0.6 is 0 Å². The van der Waals surface area contributed by atoms with E-state index in [4.69, 9.17) is 4.74 Å². The highest BCUT2D eigenvalue weighted by Gasteiger charge is 2.23. The molecule has 0 unspecified atom stereocenters. The third kappa shape index (κ3) is 2.34. The van der Waals surface area contributed by atoms with Crippen molar-refractivity contribution in [3.05, 3.63) is 24.3 Å². The first kappa shape index (κ1) is 12.5. The van der Waals surface area contributed by atoms with Gasteiger partial charge in [0.25, 0.3) is 0 Å². The Morgan fingerprint density at radius 2 is 2.11 bits per heavy atom. The first-order chi connectivity index (χ1) is 8.39. The van der Waals surface area contributed by atoms with E-state index in [1.54, 1.807) is 4.57 Å². The molecule has 0 saturated carbocycles. The lowest BCUT2D eigenvalue weighted by Gasteiger charge is -2.16. The van der Waals surface area contributed by atoms with Gasteiger partial charge in [-0.3, -0.25) is 9.36 Å². The molecule has 0 atom stereocenters. The average Bonchev–Trinajstić information content (AvgIpc) is 2.69. The minimum Gasteiger partial charge on any atom is -0.443 e. The van der Waals surface area contributed by atoms with E-state index in [2.05, 4.69) is 9.97 Å². The van der Waals surface area contributed by atoms with Gasteiger partial charge in [0.1, 0.15) is 12.0 Å². The van der Waals surface area contributed by atoms with Crippen LogP contribution in [-0.2, 0) is 16.3 Å². The summed E-state index contributed by atoms with van der Waals surface area (Å²) >= 11 is 0. The number of aryl methyl sites for hydroxylation is 1.